The minimum atomic E-state index is -0.688. The third-order valence-corrected chi connectivity index (χ3v) is 4.41. The van der Waals surface area contributed by atoms with E-state index in [1.807, 2.05) is 6.92 Å². The third-order valence-electron chi connectivity index (χ3n) is 4.41. The van der Waals surface area contributed by atoms with Crippen LogP contribution in [0, 0.1) is 11.8 Å². The lowest BCUT2D eigenvalue weighted by molar-refractivity contribution is -0.147. The number of hydrogen-bond donors (Lipinski definition) is 2. The number of nitrogens with two attached hydrogens (primary N) is 1. The van der Waals surface area contributed by atoms with E-state index in [1.54, 1.807) is 18.3 Å². The van der Waals surface area contributed by atoms with Crippen molar-refractivity contribution in [3.05, 3.63) is 24.0 Å². The van der Waals surface area contributed by atoms with Crippen LogP contribution in [0.2, 0.25) is 0 Å². The van der Waals surface area contributed by atoms with E-state index in [4.69, 9.17) is 10.5 Å². The standard InChI is InChI=1S/C15H22N2O3/c1-15(16,13-12(18)4-3-9-17-13)11-7-5-10(6-8-11)14(19)20-2/h3-4,9-11,18H,5-8,16H2,1-2H3. The van der Waals surface area contributed by atoms with Gasteiger partial charge in [0, 0.05) is 6.20 Å². The predicted molar refractivity (Wildman–Crippen MR) is 74.9 cm³/mol. The summed E-state index contributed by atoms with van der Waals surface area (Å²) in [5, 5.41) is 9.94. The number of rotatable bonds is 3. The molecule has 1 fully saturated rings. The highest BCUT2D eigenvalue weighted by Gasteiger charge is 2.39. The van der Waals surface area contributed by atoms with E-state index in [9.17, 15) is 9.90 Å². The number of carbonyl (C=O) groups excluding carboxylic acids is 1. The van der Waals surface area contributed by atoms with Gasteiger partial charge in [0.1, 0.15) is 11.4 Å². The van der Waals surface area contributed by atoms with Gasteiger partial charge in [-0.05, 0) is 50.7 Å². The summed E-state index contributed by atoms with van der Waals surface area (Å²) < 4.78 is 4.79. The highest BCUT2D eigenvalue weighted by molar-refractivity contribution is 5.72. The molecule has 0 saturated heterocycles. The van der Waals surface area contributed by atoms with Gasteiger partial charge in [-0.1, -0.05) is 0 Å². The number of methoxy groups -OCH3 is 1. The maximum Gasteiger partial charge on any atom is 0.308 e. The van der Waals surface area contributed by atoms with E-state index in [0.717, 1.165) is 25.7 Å². The second kappa shape index (κ2) is 5.79. The maximum atomic E-state index is 11.5. The summed E-state index contributed by atoms with van der Waals surface area (Å²) in [6.45, 7) is 1.90. The molecule has 20 heavy (non-hydrogen) atoms. The third kappa shape index (κ3) is 2.77. The molecule has 0 radical (unpaired) electrons. The van der Waals surface area contributed by atoms with E-state index in [-0.39, 0.29) is 23.6 Å². The van der Waals surface area contributed by atoms with Crippen LogP contribution in [0.5, 0.6) is 5.75 Å². The lowest BCUT2D eigenvalue weighted by Crippen LogP contribution is -2.44. The zero-order valence-electron chi connectivity index (χ0n) is 12.0. The molecular formula is C15H22N2O3. The molecule has 0 spiro atoms. The van der Waals surface area contributed by atoms with Crippen LogP contribution < -0.4 is 5.73 Å². The lowest BCUT2D eigenvalue weighted by Gasteiger charge is -2.38. The molecule has 1 unspecified atom stereocenters. The molecule has 5 nitrogen and oxygen atoms in total. The van der Waals surface area contributed by atoms with E-state index >= 15 is 0 Å². The molecule has 1 saturated carbocycles. The number of aromatic nitrogens is 1. The van der Waals surface area contributed by atoms with E-state index in [1.165, 1.54) is 7.11 Å². The Hall–Kier alpha value is -1.62. The average Bonchev–Trinajstić information content (AvgIpc) is 2.47. The molecule has 1 aliphatic rings. The van der Waals surface area contributed by atoms with E-state index < -0.39 is 5.54 Å². The van der Waals surface area contributed by atoms with E-state index in [0.29, 0.717) is 5.69 Å². The molecule has 1 aromatic rings. The van der Waals surface area contributed by atoms with Crippen LogP contribution in [0.15, 0.2) is 18.3 Å². The van der Waals surface area contributed by atoms with Crippen molar-refractivity contribution in [2.75, 3.05) is 7.11 Å². The first-order valence-corrected chi connectivity index (χ1v) is 6.98. The lowest BCUT2D eigenvalue weighted by atomic mass is 9.71. The van der Waals surface area contributed by atoms with Crippen LogP contribution in [-0.2, 0) is 15.1 Å². The van der Waals surface area contributed by atoms with Crippen molar-refractivity contribution in [3.8, 4) is 5.75 Å². The number of ether oxygens (including phenoxy) is 1. The Bertz CT molecular complexity index is 480. The Kier molecular flexibility index (Phi) is 4.28. The highest BCUT2D eigenvalue weighted by Crippen LogP contribution is 2.41. The SMILES string of the molecule is COC(=O)C1CCC(C(C)(N)c2ncccc2O)CC1. The van der Waals surface area contributed by atoms with Gasteiger partial charge in [-0.2, -0.15) is 0 Å². The molecule has 1 atom stereocenters. The van der Waals surface area contributed by atoms with Crippen LogP contribution in [0.3, 0.4) is 0 Å². The fraction of sp³-hybridized carbons (Fsp3) is 0.600. The molecule has 5 heteroatoms. The van der Waals surface area contributed by atoms with Crippen molar-refractivity contribution in [1.29, 1.82) is 0 Å². The van der Waals surface area contributed by atoms with Crippen LogP contribution in [-0.4, -0.2) is 23.2 Å². The first kappa shape index (κ1) is 14.8. The molecule has 1 aliphatic carbocycles. The Morgan fingerprint density at radius 1 is 1.45 bits per heavy atom. The van der Waals surface area contributed by atoms with Crippen molar-refractivity contribution in [2.24, 2.45) is 17.6 Å². The minimum Gasteiger partial charge on any atom is -0.506 e. The summed E-state index contributed by atoms with van der Waals surface area (Å²) in [7, 11) is 1.42. The van der Waals surface area contributed by atoms with Gasteiger partial charge in [0.15, 0.2) is 0 Å². The van der Waals surface area contributed by atoms with Gasteiger partial charge in [-0.25, -0.2) is 0 Å². The number of nitrogens with zero attached hydrogens (tertiary/aromatic N) is 1. The number of pyridine rings is 1. The topological polar surface area (TPSA) is 85.4 Å². The number of carbonyl (C=O) groups is 1. The van der Waals surface area contributed by atoms with Gasteiger partial charge in [0.25, 0.3) is 0 Å². The Labute approximate surface area is 119 Å². The molecular weight excluding hydrogens is 256 g/mol. The second-order valence-corrected chi connectivity index (χ2v) is 5.73. The van der Waals surface area contributed by atoms with Crippen LogP contribution in [0.4, 0.5) is 0 Å². The summed E-state index contributed by atoms with van der Waals surface area (Å²) in [6.07, 6.45) is 4.86. The van der Waals surface area contributed by atoms with Crippen LogP contribution >= 0.6 is 0 Å². The molecule has 1 aromatic heterocycles. The molecule has 3 N–H and O–H groups in total. The monoisotopic (exact) mass is 278 g/mol. The zero-order valence-corrected chi connectivity index (χ0v) is 12.0. The van der Waals surface area contributed by atoms with Gasteiger partial charge >= 0.3 is 5.97 Å². The van der Waals surface area contributed by atoms with Crippen molar-refractivity contribution in [2.45, 2.75) is 38.1 Å². The summed E-state index contributed by atoms with van der Waals surface area (Å²) in [4.78, 5) is 15.8. The van der Waals surface area contributed by atoms with Gasteiger partial charge in [0.2, 0.25) is 0 Å². The first-order valence-electron chi connectivity index (χ1n) is 6.98. The van der Waals surface area contributed by atoms with Crippen molar-refractivity contribution >= 4 is 5.97 Å². The predicted octanol–water partition coefficient (Wildman–Crippen LogP) is 1.94. The summed E-state index contributed by atoms with van der Waals surface area (Å²) in [5.74, 6) is 0.170. The molecule has 1 heterocycles. The van der Waals surface area contributed by atoms with Gasteiger partial charge in [-0.3, -0.25) is 9.78 Å². The Morgan fingerprint density at radius 2 is 2.10 bits per heavy atom. The van der Waals surface area contributed by atoms with Crippen molar-refractivity contribution in [3.63, 3.8) is 0 Å². The average molecular weight is 278 g/mol. The summed E-state index contributed by atoms with van der Waals surface area (Å²) in [6, 6.07) is 3.29. The highest BCUT2D eigenvalue weighted by atomic mass is 16.5. The largest absolute Gasteiger partial charge is 0.506 e. The van der Waals surface area contributed by atoms with Gasteiger partial charge in [0.05, 0.1) is 18.6 Å². The minimum absolute atomic E-state index is 0.0237. The zero-order chi connectivity index (χ0) is 14.8. The Balaban J connectivity index is 2.09. The molecule has 0 aliphatic heterocycles. The fourth-order valence-electron chi connectivity index (χ4n) is 3.10. The van der Waals surface area contributed by atoms with E-state index in [2.05, 4.69) is 4.98 Å². The van der Waals surface area contributed by atoms with Gasteiger partial charge < -0.3 is 15.6 Å². The number of hydrogen-bond acceptors (Lipinski definition) is 5. The molecule has 0 aromatic carbocycles. The normalized spacial score (nSPS) is 25.8. The van der Waals surface area contributed by atoms with Crippen LogP contribution in [0.25, 0.3) is 0 Å². The fourth-order valence-corrected chi connectivity index (χ4v) is 3.10. The number of aromatic hydroxyl groups is 1. The molecule has 110 valence electrons. The second-order valence-electron chi connectivity index (χ2n) is 5.73. The maximum absolute atomic E-state index is 11.5. The van der Waals surface area contributed by atoms with Crippen molar-refractivity contribution in [1.82, 2.24) is 4.98 Å². The van der Waals surface area contributed by atoms with Gasteiger partial charge in [-0.15, -0.1) is 0 Å². The smallest absolute Gasteiger partial charge is 0.308 e. The summed E-state index contributed by atoms with van der Waals surface area (Å²) in [5.41, 5.74) is 6.27. The summed E-state index contributed by atoms with van der Waals surface area (Å²) >= 11 is 0. The van der Waals surface area contributed by atoms with Crippen molar-refractivity contribution < 1.29 is 14.6 Å². The Morgan fingerprint density at radius 3 is 2.65 bits per heavy atom. The van der Waals surface area contributed by atoms with Crippen LogP contribution in [0.1, 0.15) is 38.3 Å². The molecule has 0 bridgehead atoms. The number of esters is 1. The first-order chi connectivity index (χ1) is 9.46. The molecule has 0 amide bonds. The quantitative estimate of drug-likeness (QED) is 0.825. The molecule has 2 rings (SSSR count).